The molecule has 0 bridgehead atoms. The number of carbonyl (C=O) groups excluding carboxylic acids is 1. The molecule has 198 valence electrons. The van der Waals surface area contributed by atoms with Gasteiger partial charge in [0.25, 0.3) is 0 Å². The zero-order valence-electron chi connectivity index (χ0n) is 21.4. The summed E-state index contributed by atoms with van der Waals surface area (Å²) in [7, 11) is 0. The maximum absolute atomic E-state index is 12.6. The number of alkyl carbamates (subject to hydrolysis) is 1. The highest BCUT2D eigenvalue weighted by Gasteiger charge is 2.31. The second kappa shape index (κ2) is 13.2. The standard InChI is InChI=1S/C28H35N3O5S/c1-28(2,3)36-26(33)30-24(15-21-12-8-5-9-13-21)25(32)16-22(14-20-10-6-4-7-11-20)31(27(34)35)18-23-17-29-19-37-23/h4-13,17,19,22,24-25,32H,14-16,18H2,1-3H3,(H,30,33)(H,34,35)/t22-,24-,25-/m0/s1. The molecule has 0 radical (unpaired) electrons. The molecule has 2 amide bonds. The smallest absolute Gasteiger partial charge is 0.407 e. The van der Waals surface area contributed by atoms with Crippen molar-refractivity contribution in [1.82, 2.24) is 15.2 Å². The van der Waals surface area contributed by atoms with E-state index in [9.17, 15) is 19.8 Å². The number of carbonyl (C=O) groups is 2. The van der Waals surface area contributed by atoms with Gasteiger partial charge >= 0.3 is 12.2 Å². The molecule has 2 aromatic carbocycles. The number of aliphatic hydroxyl groups is 1. The minimum absolute atomic E-state index is 0.118. The molecule has 3 aromatic rings. The van der Waals surface area contributed by atoms with Crippen LogP contribution in [0.2, 0.25) is 0 Å². The third-order valence-corrected chi connectivity index (χ3v) is 6.55. The van der Waals surface area contributed by atoms with Crippen LogP contribution in [0.3, 0.4) is 0 Å². The lowest BCUT2D eigenvalue weighted by atomic mass is 9.93. The molecule has 8 nitrogen and oxygen atoms in total. The topological polar surface area (TPSA) is 112 Å². The van der Waals surface area contributed by atoms with Gasteiger partial charge in [-0.15, -0.1) is 11.3 Å². The third kappa shape index (κ3) is 9.51. The molecule has 0 aliphatic heterocycles. The Labute approximate surface area is 221 Å². The largest absolute Gasteiger partial charge is 0.465 e. The first-order chi connectivity index (χ1) is 17.6. The zero-order valence-corrected chi connectivity index (χ0v) is 22.2. The Morgan fingerprint density at radius 3 is 2.14 bits per heavy atom. The monoisotopic (exact) mass is 525 g/mol. The summed E-state index contributed by atoms with van der Waals surface area (Å²) in [6.45, 7) is 5.48. The predicted molar refractivity (Wildman–Crippen MR) is 144 cm³/mol. The molecule has 37 heavy (non-hydrogen) atoms. The van der Waals surface area contributed by atoms with Crippen molar-refractivity contribution >= 4 is 23.5 Å². The summed E-state index contributed by atoms with van der Waals surface area (Å²) in [5.74, 6) is 0. The van der Waals surface area contributed by atoms with Gasteiger partial charge in [0.15, 0.2) is 0 Å². The third-order valence-electron chi connectivity index (χ3n) is 5.79. The van der Waals surface area contributed by atoms with Crippen LogP contribution in [0, 0.1) is 0 Å². The summed E-state index contributed by atoms with van der Waals surface area (Å²) >= 11 is 1.38. The number of rotatable bonds is 11. The molecular weight excluding hydrogens is 490 g/mol. The highest BCUT2D eigenvalue weighted by molar-refractivity contribution is 7.09. The average molecular weight is 526 g/mol. The molecule has 0 spiro atoms. The number of aromatic nitrogens is 1. The molecule has 3 N–H and O–H groups in total. The van der Waals surface area contributed by atoms with Gasteiger partial charge in [-0.2, -0.15) is 0 Å². The van der Waals surface area contributed by atoms with Gasteiger partial charge in [0, 0.05) is 17.1 Å². The Bertz CT molecular complexity index is 1100. The Kier molecular flexibility index (Phi) is 10.0. The number of hydrogen-bond acceptors (Lipinski definition) is 6. The van der Waals surface area contributed by atoms with Crippen LogP contribution in [0.5, 0.6) is 0 Å². The fourth-order valence-corrected chi connectivity index (χ4v) is 4.69. The Balaban J connectivity index is 1.86. The second-order valence-corrected chi connectivity index (χ2v) is 10.9. The fourth-order valence-electron chi connectivity index (χ4n) is 4.10. The Hall–Kier alpha value is -3.43. The molecule has 1 aromatic heterocycles. The van der Waals surface area contributed by atoms with Gasteiger partial charge in [-0.25, -0.2) is 9.59 Å². The van der Waals surface area contributed by atoms with Crippen molar-refractivity contribution < 1.29 is 24.5 Å². The quantitative estimate of drug-likeness (QED) is 0.320. The number of ether oxygens (including phenoxy) is 1. The lowest BCUT2D eigenvalue weighted by Gasteiger charge is -2.33. The minimum atomic E-state index is -1.08. The van der Waals surface area contributed by atoms with Crippen molar-refractivity contribution in [2.75, 3.05) is 0 Å². The van der Waals surface area contributed by atoms with Gasteiger partial charge in [0.2, 0.25) is 0 Å². The average Bonchev–Trinajstić information content (AvgIpc) is 3.35. The van der Waals surface area contributed by atoms with E-state index in [1.165, 1.54) is 16.2 Å². The van der Waals surface area contributed by atoms with Crippen LogP contribution in [-0.4, -0.2) is 56.1 Å². The van der Waals surface area contributed by atoms with Crippen LogP contribution >= 0.6 is 11.3 Å². The maximum Gasteiger partial charge on any atom is 0.407 e. The van der Waals surface area contributed by atoms with Crippen molar-refractivity contribution in [2.45, 2.75) is 70.4 Å². The van der Waals surface area contributed by atoms with Crippen LogP contribution in [0.15, 0.2) is 72.4 Å². The number of nitrogens with one attached hydrogen (secondary N) is 1. The van der Waals surface area contributed by atoms with Crippen molar-refractivity contribution in [3.8, 4) is 0 Å². The molecular formula is C28H35N3O5S. The first-order valence-corrected chi connectivity index (χ1v) is 13.1. The van der Waals surface area contributed by atoms with Gasteiger partial charge in [-0.3, -0.25) is 9.88 Å². The number of thiazole rings is 1. The van der Waals surface area contributed by atoms with Crippen molar-refractivity contribution in [3.05, 3.63) is 88.4 Å². The Morgan fingerprint density at radius 1 is 1.03 bits per heavy atom. The predicted octanol–water partition coefficient (Wildman–Crippen LogP) is 5.12. The van der Waals surface area contributed by atoms with E-state index in [1.807, 2.05) is 60.7 Å². The van der Waals surface area contributed by atoms with Gasteiger partial charge < -0.3 is 20.3 Å². The molecule has 1 heterocycles. The first kappa shape index (κ1) is 28.1. The van der Waals surface area contributed by atoms with E-state index < -0.39 is 36.0 Å². The van der Waals surface area contributed by atoms with Crippen molar-refractivity contribution in [3.63, 3.8) is 0 Å². The molecule has 3 rings (SSSR count). The first-order valence-electron chi connectivity index (χ1n) is 12.2. The minimum Gasteiger partial charge on any atom is -0.465 e. The molecule has 0 unspecified atom stereocenters. The normalized spacial score (nSPS) is 13.8. The van der Waals surface area contributed by atoms with E-state index in [0.29, 0.717) is 12.8 Å². The molecule has 0 aliphatic rings. The van der Waals surface area contributed by atoms with Crippen LogP contribution in [0.4, 0.5) is 9.59 Å². The van der Waals surface area contributed by atoms with Gasteiger partial charge in [-0.1, -0.05) is 60.7 Å². The molecule has 0 aliphatic carbocycles. The number of benzene rings is 2. The van der Waals surface area contributed by atoms with E-state index in [2.05, 4.69) is 10.3 Å². The molecule has 0 saturated heterocycles. The number of hydrogen-bond donors (Lipinski definition) is 3. The SMILES string of the molecule is CC(C)(C)OC(=O)N[C@@H](Cc1ccccc1)[C@@H](O)C[C@H](Cc1ccccc1)N(Cc1cncs1)C(=O)O. The lowest BCUT2D eigenvalue weighted by molar-refractivity contribution is 0.0351. The molecule has 9 heteroatoms. The summed E-state index contributed by atoms with van der Waals surface area (Å²) in [5.41, 5.74) is 2.85. The highest BCUT2D eigenvalue weighted by atomic mass is 32.1. The lowest BCUT2D eigenvalue weighted by Crippen LogP contribution is -2.50. The maximum atomic E-state index is 12.6. The van der Waals surface area contributed by atoms with E-state index >= 15 is 0 Å². The number of amides is 2. The van der Waals surface area contributed by atoms with Gasteiger partial charge in [0.1, 0.15) is 5.60 Å². The van der Waals surface area contributed by atoms with Gasteiger partial charge in [-0.05, 0) is 51.2 Å². The van der Waals surface area contributed by atoms with E-state index in [0.717, 1.165) is 16.0 Å². The Morgan fingerprint density at radius 2 is 1.62 bits per heavy atom. The fraction of sp³-hybridized carbons (Fsp3) is 0.393. The van der Waals surface area contributed by atoms with Crippen LogP contribution in [-0.2, 0) is 24.1 Å². The summed E-state index contributed by atoms with van der Waals surface area (Å²) in [5, 5.41) is 24.4. The molecule has 0 saturated carbocycles. The van der Waals surface area contributed by atoms with Crippen LogP contribution in [0.25, 0.3) is 0 Å². The van der Waals surface area contributed by atoms with Gasteiger partial charge in [0.05, 0.1) is 24.2 Å². The molecule has 0 fully saturated rings. The van der Waals surface area contributed by atoms with E-state index in [1.54, 1.807) is 32.5 Å². The summed E-state index contributed by atoms with van der Waals surface area (Å²) < 4.78 is 5.44. The van der Waals surface area contributed by atoms with Crippen LogP contribution in [0.1, 0.15) is 43.2 Å². The van der Waals surface area contributed by atoms with Crippen molar-refractivity contribution in [1.29, 1.82) is 0 Å². The zero-order chi connectivity index (χ0) is 26.8. The van der Waals surface area contributed by atoms with E-state index in [-0.39, 0.29) is 13.0 Å². The highest BCUT2D eigenvalue weighted by Crippen LogP contribution is 2.22. The second-order valence-electron chi connectivity index (χ2n) is 9.97. The van der Waals surface area contributed by atoms with E-state index in [4.69, 9.17) is 4.74 Å². The summed E-state index contributed by atoms with van der Waals surface area (Å²) in [4.78, 5) is 31.2. The number of nitrogens with zero attached hydrogens (tertiary/aromatic N) is 2. The summed E-state index contributed by atoms with van der Waals surface area (Å²) in [6.07, 6.45) is -0.209. The molecule has 3 atom stereocenters. The number of aliphatic hydroxyl groups excluding tert-OH is 1. The number of carboxylic acid groups (broad SMARTS) is 1. The summed E-state index contributed by atoms with van der Waals surface area (Å²) in [6, 6.07) is 17.9. The van der Waals surface area contributed by atoms with Crippen LogP contribution < -0.4 is 5.32 Å². The van der Waals surface area contributed by atoms with Crippen molar-refractivity contribution in [2.24, 2.45) is 0 Å².